The van der Waals surface area contributed by atoms with Gasteiger partial charge in [-0.25, -0.2) is 8.42 Å². The van der Waals surface area contributed by atoms with Crippen molar-refractivity contribution in [3.63, 3.8) is 0 Å². The molecule has 0 unspecified atom stereocenters. The molecule has 0 N–H and O–H groups in total. The molecule has 25 heavy (non-hydrogen) atoms. The van der Waals surface area contributed by atoms with Gasteiger partial charge < -0.3 is 9.30 Å². The van der Waals surface area contributed by atoms with Gasteiger partial charge in [0, 0.05) is 12.7 Å². The average Bonchev–Trinajstić information content (AvgIpc) is 2.88. The first kappa shape index (κ1) is 19.3. The van der Waals surface area contributed by atoms with Crippen LogP contribution in [0, 0.1) is 0 Å². The Labute approximate surface area is 149 Å². The Morgan fingerprint density at radius 2 is 2.04 bits per heavy atom. The van der Waals surface area contributed by atoms with Crippen molar-refractivity contribution in [2.45, 2.75) is 37.6 Å². The molecule has 1 heterocycles. The van der Waals surface area contributed by atoms with E-state index in [-0.39, 0.29) is 17.3 Å². The van der Waals surface area contributed by atoms with Gasteiger partial charge in [-0.1, -0.05) is 24.7 Å². The van der Waals surface area contributed by atoms with Gasteiger partial charge in [0.2, 0.25) is 5.91 Å². The highest BCUT2D eigenvalue weighted by molar-refractivity contribution is 7.90. The van der Waals surface area contributed by atoms with Crippen LogP contribution in [0.1, 0.15) is 26.2 Å². The van der Waals surface area contributed by atoms with Gasteiger partial charge in [-0.15, -0.1) is 0 Å². The number of fused-ring (bicyclic) bond motifs is 1. The number of ether oxygens (including phenoxy) is 1. The van der Waals surface area contributed by atoms with E-state index in [9.17, 15) is 18.0 Å². The topological polar surface area (TPSA) is 94.8 Å². The van der Waals surface area contributed by atoms with Crippen LogP contribution in [0.15, 0.2) is 28.1 Å². The number of thiazole rings is 1. The first-order valence-corrected chi connectivity index (χ1v) is 10.4. The highest BCUT2D eigenvalue weighted by Gasteiger charge is 2.15. The van der Waals surface area contributed by atoms with Crippen LogP contribution < -0.4 is 4.80 Å². The van der Waals surface area contributed by atoms with Crippen LogP contribution in [-0.2, 0) is 30.7 Å². The molecule has 1 aromatic carbocycles. The molecule has 0 saturated carbocycles. The molecule has 0 aliphatic carbocycles. The average molecular weight is 384 g/mol. The Hall–Kier alpha value is -2.00. The SMILES string of the molecule is CCCCC(=O)N=c1sc2cc(S(C)(=O)=O)ccc2n1CC(=O)OC. The largest absolute Gasteiger partial charge is 0.468 e. The molecule has 2 aromatic rings. The van der Waals surface area contributed by atoms with Crippen molar-refractivity contribution in [2.24, 2.45) is 4.99 Å². The molecule has 0 aliphatic heterocycles. The van der Waals surface area contributed by atoms with Crippen LogP contribution in [-0.4, -0.2) is 38.2 Å². The molecule has 2 rings (SSSR count). The Bertz CT molecular complexity index is 970. The highest BCUT2D eigenvalue weighted by Crippen LogP contribution is 2.22. The van der Waals surface area contributed by atoms with Crippen LogP contribution in [0.4, 0.5) is 0 Å². The van der Waals surface area contributed by atoms with Crippen LogP contribution in [0.25, 0.3) is 10.2 Å². The maximum Gasteiger partial charge on any atom is 0.325 e. The van der Waals surface area contributed by atoms with E-state index < -0.39 is 15.8 Å². The second-order valence-corrected chi connectivity index (χ2v) is 8.58. The Morgan fingerprint density at radius 1 is 1.32 bits per heavy atom. The number of methoxy groups -OCH3 is 1. The van der Waals surface area contributed by atoms with Gasteiger partial charge in [-0.2, -0.15) is 4.99 Å². The minimum absolute atomic E-state index is 0.103. The first-order chi connectivity index (χ1) is 11.8. The Balaban J connectivity index is 2.61. The van der Waals surface area contributed by atoms with Crippen molar-refractivity contribution in [3.05, 3.63) is 23.0 Å². The molecule has 0 radical (unpaired) electrons. The third-order valence-corrected chi connectivity index (χ3v) is 5.71. The van der Waals surface area contributed by atoms with E-state index >= 15 is 0 Å². The molecule has 136 valence electrons. The fraction of sp³-hybridized carbons (Fsp3) is 0.438. The lowest BCUT2D eigenvalue weighted by molar-refractivity contribution is -0.141. The molecule has 1 amide bonds. The van der Waals surface area contributed by atoms with E-state index in [0.29, 0.717) is 21.4 Å². The standard InChI is InChI=1S/C16H20N2O5S2/c1-4-5-6-14(19)17-16-18(10-15(20)23-2)12-8-7-11(25(3,21)22)9-13(12)24-16/h7-9H,4-6,10H2,1-3H3. The second kappa shape index (κ2) is 7.92. The number of carbonyl (C=O) groups is 2. The van der Waals surface area contributed by atoms with Crippen molar-refractivity contribution >= 4 is 43.3 Å². The molecule has 0 aliphatic rings. The summed E-state index contributed by atoms with van der Waals surface area (Å²) in [5.74, 6) is -0.746. The van der Waals surface area contributed by atoms with Gasteiger partial charge in [0.15, 0.2) is 14.6 Å². The predicted molar refractivity (Wildman–Crippen MR) is 95.0 cm³/mol. The smallest absolute Gasteiger partial charge is 0.325 e. The van der Waals surface area contributed by atoms with Crippen molar-refractivity contribution in [3.8, 4) is 0 Å². The number of hydrogen-bond acceptors (Lipinski definition) is 6. The molecule has 0 atom stereocenters. The molecule has 0 fully saturated rings. The van der Waals surface area contributed by atoms with Crippen molar-refractivity contribution in [1.82, 2.24) is 4.57 Å². The first-order valence-electron chi connectivity index (χ1n) is 7.74. The second-order valence-electron chi connectivity index (χ2n) is 5.56. The van der Waals surface area contributed by atoms with Gasteiger partial charge in [0.25, 0.3) is 0 Å². The summed E-state index contributed by atoms with van der Waals surface area (Å²) in [5.41, 5.74) is 0.629. The van der Waals surface area contributed by atoms with E-state index in [2.05, 4.69) is 4.99 Å². The summed E-state index contributed by atoms with van der Waals surface area (Å²) < 4.78 is 30.4. The third-order valence-electron chi connectivity index (χ3n) is 3.56. The number of esters is 1. The van der Waals surface area contributed by atoms with E-state index in [1.54, 1.807) is 10.6 Å². The quantitative estimate of drug-likeness (QED) is 0.709. The van der Waals surface area contributed by atoms with E-state index in [1.165, 1.54) is 30.6 Å². The third kappa shape index (κ3) is 4.76. The van der Waals surface area contributed by atoms with E-state index in [0.717, 1.165) is 19.1 Å². The zero-order chi connectivity index (χ0) is 18.6. The predicted octanol–water partition coefficient (Wildman–Crippen LogP) is 1.90. The number of amides is 1. The zero-order valence-electron chi connectivity index (χ0n) is 14.3. The molecular formula is C16H20N2O5S2. The molecule has 0 bridgehead atoms. The van der Waals surface area contributed by atoms with Crippen LogP contribution in [0.3, 0.4) is 0 Å². The summed E-state index contributed by atoms with van der Waals surface area (Å²) in [5, 5.41) is 0. The number of aromatic nitrogens is 1. The number of rotatable bonds is 6. The summed E-state index contributed by atoms with van der Waals surface area (Å²) in [7, 11) is -2.07. The van der Waals surface area contributed by atoms with Gasteiger partial charge in [0.1, 0.15) is 6.54 Å². The summed E-state index contributed by atoms with van der Waals surface area (Å²) in [4.78, 5) is 28.3. The van der Waals surface area contributed by atoms with Crippen LogP contribution >= 0.6 is 11.3 Å². The molecule has 1 aromatic heterocycles. The number of nitrogens with zero attached hydrogens (tertiary/aromatic N) is 2. The monoisotopic (exact) mass is 384 g/mol. The van der Waals surface area contributed by atoms with Crippen molar-refractivity contribution in [2.75, 3.05) is 13.4 Å². The number of hydrogen-bond donors (Lipinski definition) is 0. The van der Waals surface area contributed by atoms with E-state index in [1.807, 2.05) is 6.92 Å². The Kier molecular flexibility index (Phi) is 6.12. The van der Waals surface area contributed by atoms with Gasteiger partial charge >= 0.3 is 5.97 Å². The minimum atomic E-state index is -3.35. The number of benzene rings is 1. The lowest BCUT2D eigenvalue weighted by Crippen LogP contribution is -2.22. The van der Waals surface area contributed by atoms with Crippen molar-refractivity contribution < 1.29 is 22.7 Å². The fourth-order valence-corrected chi connectivity index (χ4v) is 4.01. The van der Waals surface area contributed by atoms with Crippen LogP contribution in [0.2, 0.25) is 0 Å². The minimum Gasteiger partial charge on any atom is -0.468 e. The maximum absolute atomic E-state index is 12.0. The fourth-order valence-electron chi connectivity index (χ4n) is 2.21. The van der Waals surface area contributed by atoms with Crippen molar-refractivity contribution in [1.29, 1.82) is 0 Å². The van der Waals surface area contributed by atoms with E-state index in [4.69, 9.17) is 4.74 Å². The Morgan fingerprint density at radius 3 is 2.64 bits per heavy atom. The lowest BCUT2D eigenvalue weighted by atomic mass is 10.2. The maximum atomic E-state index is 12.0. The molecule has 7 nitrogen and oxygen atoms in total. The summed E-state index contributed by atoms with van der Waals surface area (Å²) in [6.45, 7) is 1.88. The summed E-state index contributed by atoms with van der Waals surface area (Å²) in [6.07, 6.45) is 3.08. The van der Waals surface area contributed by atoms with Gasteiger partial charge in [-0.3, -0.25) is 9.59 Å². The van der Waals surface area contributed by atoms with Gasteiger partial charge in [0.05, 0.1) is 22.2 Å². The molecule has 9 heteroatoms. The van der Waals surface area contributed by atoms with Crippen LogP contribution in [0.5, 0.6) is 0 Å². The number of carbonyl (C=O) groups excluding carboxylic acids is 2. The number of sulfone groups is 1. The zero-order valence-corrected chi connectivity index (χ0v) is 15.9. The van der Waals surface area contributed by atoms with Gasteiger partial charge in [-0.05, 0) is 24.6 Å². The number of unbranched alkanes of at least 4 members (excludes halogenated alkanes) is 1. The summed E-state index contributed by atoms with van der Waals surface area (Å²) >= 11 is 1.17. The summed E-state index contributed by atoms with van der Waals surface area (Å²) in [6, 6.07) is 4.61. The molecular weight excluding hydrogens is 364 g/mol. The molecule has 0 saturated heterocycles. The highest BCUT2D eigenvalue weighted by atomic mass is 32.2. The molecule has 0 spiro atoms. The lowest BCUT2D eigenvalue weighted by Gasteiger charge is -2.04. The normalized spacial score (nSPS) is 12.5.